The Morgan fingerprint density at radius 3 is 2.96 bits per heavy atom. The summed E-state index contributed by atoms with van der Waals surface area (Å²) in [6, 6.07) is 9.70. The van der Waals surface area contributed by atoms with Gasteiger partial charge in [0.05, 0.1) is 23.7 Å². The topological polar surface area (TPSA) is 61.9 Å². The maximum atomic E-state index is 13.3. The first kappa shape index (κ1) is 17.7. The van der Waals surface area contributed by atoms with Gasteiger partial charge in [-0.25, -0.2) is 4.98 Å². The normalized spacial score (nSPS) is 17.2. The quantitative estimate of drug-likeness (QED) is 0.693. The zero-order valence-electron chi connectivity index (χ0n) is 15.6. The van der Waals surface area contributed by atoms with Crippen LogP contribution in [-0.2, 0) is 6.54 Å². The number of fused-ring (bicyclic) bond motifs is 1. The number of aromatic nitrogens is 2. The van der Waals surface area contributed by atoms with Crippen molar-refractivity contribution in [1.82, 2.24) is 9.55 Å². The Balaban J connectivity index is 1.89. The molecule has 2 aromatic heterocycles. The fourth-order valence-corrected chi connectivity index (χ4v) is 4.73. The minimum Gasteiger partial charge on any atom is -0.342 e. The first-order valence-corrected chi connectivity index (χ1v) is 10.2. The van der Waals surface area contributed by atoms with Crippen molar-refractivity contribution in [3.8, 4) is 6.07 Å². The molecule has 0 amide bonds. The molecule has 1 saturated heterocycles. The van der Waals surface area contributed by atoms with Crippen LogP contribution in [0.1, 0.15) is 36.5 Å². The number of rotatable bonds is 3. The molecule has 138 valence electrons. The fraction of sp³-hybridized carbons (Fsp3) is 0.381. The highest BCUT2D eigenvalue weighted by molar-refractivity contribution is 7.17. The second kappa shape index (κ2) is 7.16. The summed E-state index contributed by atoms with van der Waals surface area (Å²) in [5, 5.41) is 11.4. The molecule has 6 heteroatoms. The Bertz CT molecular complexity index is 1090. The Hall–Kier alpha value is -2.65. The van der Waals surface area contributed by atoms with Crippen LogP contribution in [0.15, 0.2) is 34.4 Å². The lowest BCUT2D eigenvalue weighted by Crippen LogP contribution is -2.39. The van der Waals surface area contributed by atoms with Gasteiger partial charge in [-0.3, -0.25) is 9.36 Å². The molecule has 27 heavy (non-hydrogen) atoms. The number of hydrogen-bond donors (Lipinski definition) is 0. The summed E-state index contributed by atoms with van der Waals surface area (Å²) in [6.45, 7) is 6.42. The zero-order valence-corrected chi connectivity index (χ0v) is 16.4. The van der Waals surface area contributed by atoms with Crippen molar-refractivity contribution in [3.05, 3.63) is 56.7 Å². The van der Waals surface area contributed by atoms with E-state index < -0.39 is 0 Å². The van der Waals surface area contributed by atoms with Crippen molar-refractivity contribution < 1.29 is 0 Å². The monoisotopic (exact) mass is 378 g/mol. The van der Waals surface area contributed by atoms with Gasteiger partial charge in [-0.15, -0.1) is 11.3 Å². The van der Waals surface area contributed by atoms with Gasteiger partial charge < -0.3 is 4.90 Å². The lowest BCUT2D eigenvalue weighted by Gasteiger charge is -2.33. The van der Waals surface area contributed by atoms with E-state index in [1.807, 2.05) is 30.5 Å². The van der Waals surface area contributed by atoms with Gasteiger partial charge in [0.1, 0.15) is 4.70 Å². The van der Waals surface area contributed by atoms with E-state index in [1.54, 1.807) is 10.6 Å². The standard InChI is InChI=1S/C21H22N4OS/c1-14-6-5-9-24(11-14)21-23-18-15(2)13-27-19(18)20(26)25(21)12-17-8-4-3-7-16(17)10-22/h3-4,7-8,13-14H,5-6,9,11-12H2,1-2H3. The molecule has 0 aliphatic carbocycles. The number of thiophene rings is 1. The second-order valence-electron chi connectivity index (χ2n) is 7.36. The summed E-state index contributed by atoms with van der Waals surface area (Å²) in [5.74, 6) is 1.31. The number of piperidine rings is 1. The molecule has 4 rings (SSSR count). The molecule has 0 spiro atoms. The van der Waals surface area contributed by atoms with E-state index in [-0.39, 0.29) is 5.56 Å². The van der Waals surface area contributed by atoms with Crippen LogP contribution in [0.2, 0.25) is 0 Å². The predicted molar refractivity (Wildman–Crippen MR) is 109 cm³/mol. The first-order valence-electron chi connectivity index (χ1n) is 9.30. The molecule has 0 radical (unpaired) electrons. The highest BCUT2D eigenvalue weighted by Gasteiger charge is 2.23. The Morgan fingerprint density at radius 2 is 2.19 bits per heavy atom. The molecule has 1 atom stereocenters. The number of anilines is 1. The van der Waals surface area contributed by atoms with E-state index in [0.717, 1.165) is 42.1 Å². The fourth-order valence-electron chi connectivity index (χ4n) is 3.80. The highest BCUT2D eigenvalue weighted by atomic mass is 32.1. The average Bonchev–Trinajstić information content (AvgIpc) is 3.05. The van der Waals surface area contributed by atoms with Gasteiger partial charge in [0.25, 0.3) is 5.56 Å². The molecule has 0 N–H and O–H groups in total. The Kier molecular flexibility index (Phi) is 4.71. The van der Waals surface area contributed by atoms with Gasteiger partial charge in [0.2, 0.25) is 5.95 Å². The van der Waals surface area contributed by atoms with Crippen LogP contribution < -0.4 is 10.5 Å². The number of nitrogens with zero attached hydrogens (tertiary/aromatic N) is 4. The third kappa shape index (κ3) is 3.24. The summed E-state index contributed by atoms with van der Waals surface area (Å²) in [5.41, 5.74) is 3.29. The largest absolute Gasteiger partial charge is 0.342 e. The van der Waals surface area contributed by atoms with Crippen LogP contribution in [0.4, 0.5) is 5.95 Å². The predicted octanol–water partition coefficient (Wildman–Crippen LogP) is 3.92. The Morgan fingerprint density at radius 1 is 1.37 bits per heavy atom. The van der Waals surface area contributed by atoms with Gasteiger partial charge in [0.15, 0.2) is 0 Å². The summed E-state index contributed by atoms with van der Waals surface area (Å²) in [7, 11) is 0. The van der Waals surface area contributed by atoms with Crippen LogP contribution >= 0.6 is 11.3 Å². The van der Waals surface area contributed by atoms with Crippen molar-refractivity contribution in [2.45, 2.75) is 33.2 Å². The van der Waals surface area contributed by atoms with E-state index in [9.17, 15) is 10.1 Å². The smallest absolute Gasteiger partial charge is 0.273 e. The SMILES string of the molecule is Cc1csc2c(=O)n(Cc3ccccc3C#N)c(N3CCCC(C)C3)nc12. The van der Waals surface area contributed by atoms with E-state index in [0.29, 0.717) is 22.7 Å². The van der Waals surface area contributed by atoms with Crippen molar-refractivity contribution in [3.63, 3.8) is 0 Å². The van der Waals surface area contributed by atoms with Crippen LogP contribution in [-0.4, -0.2) is 22.6 Å². The van der Waals surface area contributed by atoms with Gasteiger partial charge in [-0.1, -0.05) is 25.1 Å². The van der Waals surface area contributed by atoms with Crippen molar-refractivity contribution in [2.24, 2.45) is 5.92 Å². The van der Waals surface area contributed by atoms with Crippen molar-refractivity contribution >= 4 is 27.5 Å². The van der Waals surface area contributed by atoms with Gasteiger partial charge in [0, 0.05) is 13.1 Å². The van der Waals surface area contributed by atoms with Crippen LogP contribution in [0.5, 0.6) is 0 Å². The van der Waals surface area contributed by atoms with Gasteiger partial charge in [-0.05, 0) is 48.3 Å². The van der Waals surface area contributed by atoms with Gasteiger partial charge in [-0.2, -0.15) is 5.26 Å². The molecule has 1 aliphatic rings. The molecule has 5 nitrogen and oxygen atoms in total. The second-order valence-corrected chi connectivity index (χ2v) is 8.24. The third-order valence-corrected chi connectivity index (χ3v) is 6.32. The summed E-state index contributed by atoms with van der Waals surface area (Å²) >= 11 is 1.45. The maximum absolute atomic E-state index is 13.3. The van der Waals surface area contributed by atoms with E-state index in [1.165, 1.54) is 17.8 Å². The number of aryl methyl sites for hydroxylation is 1. The molecular formula is C21H22N4OS. The lowest BCUT2D eigenvalue weighted by molar-refractivity contribution is 0.437. The van der Waals surface area contributed by atoms with Crippen molar-refractivity contribution in [1.29, 1.82) is 5.26 Å². The van der Waals surface area contributed by atoms with Gasteiger partial charge >= 0.3 is 0 Å². The van der Waals surface area contributed by atoms with Crippen molar-refractivity contribution in [2.75, 3.05) is 18.0 Å². The molecule has 1 fully saturated rings. The number of nitriles is 1. The summed E-state index contributed by atoms with van der Waals surface area (Å²) in [4.78, 5) is 20.5. The molecule has 1 unspecified atom stereocenters. The maximum Gasteiger partial charge on any atom is 0.273 e. The molecule has 1 aliphatic heterocycles. The number of hydrogen-bond acceptors (Lipinski definition) is 5. The minimum atomic E-state index is -0.0148. The molecule has 0 saturated carbocycles. The summed E-state index contributed by atoms with van der Waals surface area (Å²) in [6.07, 6.45) is 2.31. The van der Waals surface area contributed by atoms with Crippen LogP contribution in [0.3, 0.4) is 0 Å². The van der Waals surface area contributed by atoms with Crippen LogP contribution in [0.25, 0.3) is 10.2 Å². The zero-order chi connectivity index (χ0) is 19.0. The highest BCUT2D eigenvalue weighted by Crippen LogP contribution is 2.27. The molecule has 3 heterocycles. The third-order valence-electron chi connectivity index (χ3n) is 5.24. The molecule has 3 aromatic rings. The summed E-state index contributed by atoms with van der Waals surface area (Å²) < 4.78 is 2.45. The minimum absolute atomic E-state index is 0.0148. The first-order chi connectivity index (χ1) is 13.1. The lowest BCUT2D eigenvalue weighted by atomic mass is 10.0. The molecule has 1 aromatic carbocycles. The van der Waals surface area contributed by atoms with Crippen LogP contribution in [0, 0.1) is 24.2 Å². The van der Waals surface area contributed by atoms with E-state index >= 15 is 0 Å². The van der Waals surface area contributed by atoms with E-state index in [4.69, 9.17) is 4.98 Å². The Labute approximate surface area is 162 Å². The molecule has 0 bridgehead atoms. The average molecular weight is 379 g/mol. The molecular weight excluding hydrogens is 356 g/mol. The number of benzene rings is 1. The van der Waals surface area contributed by atoms with E-state index in [2.05, 4.69) is 17.9 Å².